The molecule has 0 fully saturated rings. The number of rotatable bonds is 4. The maximum Gasteiger partial charge on any atom is 0.199 e. The zero-order valence-electron chi connectivity index (χ0n) is 7.45. The molecule has 0 saturated heterocycles. The Morgan fingerprint density at radius 2 is 2.08 bits per heavy atom. The summed E-state index contributed by atoms with van der Waals surface area (Å²) in [7, 11) is 0. The highest BCUT2D eigenvalue weighted by molar-refractivity contribution is 7.09. The second kappa shape index (κ2) is 4.37. The molecule has 0 atom stereocenters. The van der Waals surface area contributed by atoms with E-state index in [9.17, 15) is 0 Å². The van der Waals surface area contributed by atoms with Crippen LogP contribution in [0.4, 0.5) is 5.13 Å². The van der Waals surface area contributed by atoms with E-state index < -0.39 is 0 Å². The van der Waals surface area contributed by atoms with E-state index in [0.29, 0.717) is 5.13 Å². The quantitative estimate of drug-likeness (QED) is 0.761. The fourth-order valence-corrected chi connectivity index (χ4v) is 1.42. The Balaban J connectivity index is 2.50. The van der Waals surface area contributed by atoms with Crippen molar-refractivity contribution in [2.75, 3.05) is 18.8 Å². The van der Waals surface area contributed by atoms with Crippen LogP contribution in [-0.4, -0.2) is 27.3 Å². The predicted octanol–water partition coefficient (Wildman–Crippen LogP) is 0.962. The number of nitrogen functional groups attached to an aromatic ring is 1. The van der Waals surface area contributed by atoms with Gasteiger partial charge in [-0.2, -0.15) is 4.37 Å². The summed E-state index contributed by atoms with van der Waals surface area (Å²) in [6, 6.07) is 0. The minimum absolute atomic E-state index is 0.553. The molecule has 4 nitrogen and oxygen atoms in total. The lowest BCUT2D eigenvalue weighted by Gasteiger charge is -2.14. The lowest BCUT2D eigenvalue weighted by molar-refractivity contribution is 0.289. The Hall–Kier alpha value is -0.680. The third-order valence-corrected chi connectivity index (χ3v) is 2.32. The molecule has 0 aliphatic carbocycles. The van der Waals surface area contributed by atoms with Gasteiger partial charge < -0.3 is 5.73 Å². The summed E-state index contributed by atoms with van der Waals surface area (Å²) in [5, 5.41) is 0.553. The molecule has 1 aromatic heterocycles. The van der Waals surface area contributed by atoms with Gasteiger partial charge in [-0.05, 0) is 13.1 Å². The fraction of sp³-hybridized carbons (Fsp3) is 0.714. The first-order valence-electron chi connectivity index (χ1n) is 4.06. The second-order valence-electron chi connectivity index (χ2n) is 2.51. The van der Waals surface area contributed by atoms with E-state index in [-0.39, 0.29) is 0 Å². The molecule has 0 aliphatic rings. The first kappa shape index (κ1) is 9.41. The molecular formula is C7H14N4S. The molecule has 1 heterocycles. The third-order valence-electron chi connectivity index (χ3n) is 1.74. The molecular weight excluding hydrogens is 172 g/mol. The van der Waals surface area contributed by atoms with Crippen LogP contribution in [0.2, 0.25) is 0 Å². The number of aromatic nitrogens is 2. The van der Waals surface area contributed by atoms with Gasteiger partial charge in [0.05, 0.1) is 6.54 Å². The number of hydrogen-bond donors (Lipinski definition) is 1. The van der Waals surface area contributed by atoms with Crippen LogP contribution in [0, 0.1) is 0 Å². The van der Waals surface area contributed by atoms with Crippen molar-refractivity contribution in [3.05, 3.63) is 5.82 Å². The highest BCUT2D eigenvalue weighted by atomic mass is 32.1. The molecule has 0 aromatic carbocycles. The van der Waals surface area contributed by atoms with E-state index in [1.165, 1.54) is 11.5 Å². The van der Waals surface area contributed by atoms with Crippen molar-refractivity contribution < 1.29 is 0 Å². The Morgan fingerprint density at radius 1 is 1.42 bits per heavy atom. The number of nitrogens with two attached hydrogens (primary N) is 1. The van der Waals surface area contributed by atoms with Crippen molar-refractivity contribution in [2.24, 2.45) is 0 Å². The molecule has 0 unspecified atom stereocenters. The lowest BCUT2D eigenvalue weighted by Crippen LogP contribution is -2.22. The fourth-order valence-electron chi connectivity index (χ4n) is 0.979. The third kappa shape index (κ3) is 2.42. The van der Waals surface area contributed by atoms with Gasteiger partial charge in [0.1, 0.15) is 0 Å². The van der Waals surface area contributed by atoms with Gasteiger partial charge in [-0.1, -0.05) is 13.8 Å². The van der Waals surface area contributed by atoms with E-state index in [1.807, 2.05) is 0 Å². The average molecular weight is 186 g/mol. The predicted molar refractivity (Wildman–Crippen MR) is 50.9 cm³/mol. The largest absolute Gasteiger partial charge is 0.374 e. The van der Waals surface area contributed by atoms with Crippen LogP contribution < -0.4 is 5.73 Å². The molecule has 0 aliphatic heterocycles. The molecule has 0 amide bonds. The minimum atomic E-state index is 0.553. The molecule has 68 valence electrons. The smallest absolute Gasteiger partial charge is 0.199 e. The van der Waals surface area contributed by atoms with E-state index in [0.717, 1.165) is 25.5 Å². The number of anilines is 1. The van der Waals surface area contributed by atoms with Gasteiger partial charge in [0, 0.05) is 11.5 Å². The summed E-state index contributed by atoms with van der Waals surface area (Å²) >= 11 is 1.26. The van der Waals surface area contributed by atoms with Gasteiger partial charge in [-0.3, -0.25) is 4.90 Å². The van der Waals surface area contributed by atoms with Gasteiger partial charge >= 0.3 is 0 Å². The Kier molecular flexibility index (Phi) is 3.43. The average Bonchev–Trinajstić information content (AvgIpc) is 2.47. The monoisotopic (exact) mass is 186 g/mol. The van der Waals surface area contributed by atoms with E-state index in [2.05, 4.69) is 28.1 Å². The maximum absolute atomic E-state index is 5.46. The molecule has 0 bridgehead atoms. The standard InChI is InChI=1S/C7H14N4S/c1-3-11(4-2)5-6-9-7(8)12-10-6/h3-5H2,1-2H3,(H2,8,9,10). The highest BCUT2D eigenvalue weighted by Gasteiger charge is 2.05. The van der Waals surface area contributed by atoms with Crippen LogP contribution >= 0.6 is 11.5 Å². The summed E-state index contributed by atoms with van der Waals surface area (Å²) in [6.45, 7) is 7.10. The summed E-state index contributed by atoms with van der Waals surface area (Å²) in [6.07, 6.45) is 0. The van der Waals surface area contributed by atoms with Crippen molar-refractivity contribution in [1.82, 2.24) is 14.3 Å². The van der Waals surface area contributed by atoms with Gasteiger partial charge in [0.2, 0.25) is 0 Å². The molecule has 0 saturated carbocycles. The maximum atomic E-state index is 5.46. The summed E-state index contributed by atoms with van der Waals surface area (Å²) < 4.78 is 4.12. The molecule has 1 aromatic rings. The zero-order chi connectivity index (χ0) is 8.97. The van der Waals surface area contributed by atoms with Crippen molar-refractivity contribution in [3.8, 4) is 0 Å². The normalized spacial score (nSPS) is 10.9. The first-order valence-corrected chi connectivity index (χ1v) is 4.84. The van der Waals surface area contributed by atoms with Crippen molar-refractivity contribution >= 4 is 16.7 Å². The van der Waals surface area contributed by atoms with Crippen molar-refractivity contribution in [1.29, 1.82) is 0 Å². The van der Waals surface area contributed by atoms with E-state index in [1.54, 1.807) is 0 Å². The van der Waals surface area contributed by atoms with Crippen LogP contribution in [0.25, 0.3) is 0 Å². The second-order valence-corrected chi connectivity index (χ2v) is 3.29. The Morgan fingerprint density at radius 3 is 2.50 bits per heavy atom. The van der Waals surface area contributed by atoms with Crippen LogP contribution in [0.1, 0.15) is 19.7 Å². The van der Waals surface area contributed by atoms with Crippen molar-refractivity contribution in [2.45, 2.75) is 20.4 Å². The van der Waals surface area contributed by atoms with Gasteiger partial charge in [-0.15, -0.1) is 0 Å². The number of nitrogens with zero attached hydrogens (tertiary/aromatic N) is 3. The topological polar surface area (TPSA) is 55.0 Å². The molecule has 0 radical (unpaired) electrons. The molecule has 5 heteroatoms. The van der Waals surface area contributed by atoms with E-state index in [4.69, 9.17) is 5.73 Å². The summed E-state index contributed by atoms with van der Waals surface area (Å²) in [5.41, 5.74) is 5.46. The van der Waals surface area contributed by atoms with Crippen LogP contribution in [0.3, 0.4) is 0 Å². The van der Waals surface area contributed by atoms with Gasteiger partial charge in [0.15, 0.2) is 11.0 Å². The zero-order valence-corrected chi connectivity index (χ0v) is 8.27. The molecule has 2 N–H and O–H groups in total. The lowest BCUT2D eigenvalue weighted by atomic mass is 10.4. The Bertz CT molecular complexity index is 231. The molecule has 1 rings (SSSR count). The van der Waals surface area contributed by atoms with Crippen LogP contribution in [0.5, 0.6) is 0 Å². The summed E-state index contributed by atoms with van der Waals surface area (Å²) in [5.74, 6) is 0.834. The van der Waals surface area contributed by atoms with Crippen LogP contribution in [-0.2, 0) is 6.54 Å². The van der Waals surface area contributed by atoms with Crippen LogP contribution in [0.15, 0.2) is 0 Å². The van der Waals surface area contributed by atoms with E-state index >= 15 is 0 Å². The summed E-state index contributed by atoms with van der Waals surface area (Å²) in [4.78, 5) is 6.34. The van der Waals surface area contributed by atoms with Gasteiger partial charge in [0.25, 0.3) is 0 Å². The molecule has 0 spiro atoms. The SMILES string of the molecule is CCN(CC)Cc1nsc(N)n1. The number of hydrogen-bond acceptors (Lipinski definition) is 5. The molecule has 12 heavy (non-hydrogen) atoms. The van der Waals surface area contributed by atoms with Gasteiger partial charge in [-0.25, -0.2) is 4.98 Å². The first-order chi connectivity index (χ1) is 5.76. The Labute approximate surface area is 76.6 Å². The highest BCUT2D eigenvalue weighted by Crippen LogP contribution is 2.07. The minimum Gasteiger partial charge on any atom is -0.374 e. The van der Waals surface area contributed by atoms with Crippen molar-refractivity contribution in [3.63, 3.8) is 0 Å².